The number of fused-ring (bicyclic) bond motifs is 3. The van der Waals surface area contributed by atoms with Crippen LogP contribution in [0.3, 0.4) is 0 Å². The number of hydrogen-bond donors (Lipinski definition) is 0. The third-order valence-corrected chi connectivity index (χ3v) is 5.47. The highest BCUT2D eigenvalue weighted by Crippen LogP contribution is 2.39. The van der Waals surface area contributed by atoms with E-state index in [1.54, 1.807) is 6.07 Å². The summed E-state index contributed by atoms with van der Waals surface area (Å²) in [4.78, 5) is 2.32. The van der Waals surface area contributed by atoms with Crippen molar-refractivity contribution >= 4 is 22.5 Å². The first-order valence-corrected chi connectivity index (χ1v) is 8.76. The third-order valence-electron chi connectivity index (χ3n) is 5.24. The first-order valence-electron chi connectivity index (χ1n) is 8.38. The summed E-state index contributed by atoms with van der Waals surface area (Å²) in [5.41, 5.74) is 4.37. The molecule has 0 radical (unpaired) electrons. The lowest BCUT2D eigenvalue weighted by atomic mass is 9.99. The summed E-state index contributed by atoms with van der Waals surface area (Å²) in [6.45, 7) is 3.19. The quantitative estimate of drug-likeness (QED) is 0.642. The molecule has 1 aliphatic heterocycles. The Bertz CT molecular complexity index is 966. The normalized spacial score (nSPS) is 17.7. The fourth-order valence-electron chi connectivity index (χ4n) is 3.81. The molecule has 0 bridgehead atoms. The van der Waals surface area contributed by atoms with Crippen LogP contribution in [0.1, 0.15) is 24.2 Å². The molecule has 1 atom stereocenters. The summed E-state index contributed by atoms with van der Waals surface area (Å²) >= 11 is 6.25. The van der Waals surface area contributed by atoms with Gasteiger partial charge in [-0.05, 0) is 56.3 Å². The van der Waals surface area contributed by atoms with Crippen molar-refractivity contribution in [3.8, 4) is 11.4 Å². The molecule has 2 aromatic carbocycles. The van der Waals surface area contributed by atoms with Gasteiger partial charge in [-0.25, -0.2) is 4.39 Å². The lowest BCUT2D eigenvalue weighted by molar-refractivity contribution is 0.241. The van der Waals surface area contributed by atoms with Crippen LogP contribution in [0.25, 0.3) is 16.6 Å². The van der Waals surface area contributed by atoms with E-state index in [2.05, 4.69) is 23.4 Å². The first-order chi connectivity index (χ1) is 12.0. The van der Waals surface area contributed by atoms with Gasteiger partial charge in [0.2, 0.25) is 0 Å². The molecule has 3 aromatic rings. The van der Waals surface area contributed by atoms with Gasteiger partial charge in [0.05, 0.1) is 12.6 Å². The second-order valence-corrected chi connectivity index (χ2v) is 7.02. The summed E-state index contributed by atoms with van der Waals surface area (Å²) in [5, 5.41) is 1.87. The summed E-state index contributed by atoms with van der Waals surface area (Å²) in [6.07, 6.45) is 0.957. The van der Waals surface area contributed by atoms with Crippen LogP contribution in [-0.2, 0) is 6.42 Å². The Morgan fingerprint density at radius 2 is 2.00 bits per heavy atom. The highest BCUT2D eigenvalue weighted by Gasteiger charge is 2.29. The average molecular weight is 359 g/mol. The van der Waals surface area contributed by atoms with Crippen molar-refractivity contribution in [3.05, 3.63) is 58.5 Å². The van der Waals surface area contributed by atoms with Crippen molar-refractivity contribution in [3.63, 3.8) is 0 Å². The van der Waals surface area contributed by atoms with Crippen molar-refractivity contribution in [2.45, 2.75) is 19.4 Å². The van der Waals surface area contributed by atoms with E-state index in [1.165, 1.54) is 24.4 Å². The van der Waals surface area contributed by atoms with Gasteiger partial charge in [0, 0.05) is 40.4 Å². The lowest BCUT2D eigenvalue weighted by Gasteiger charge is -2.31. The number of hydrogen-bond acceptors (Lipinski definition) is 2. The Morgan fingerprint density at radius 1 is 1.20 bits per heavy atom. The van der Waals surface area contributed by atoms with Gasteiger partial charge in [-0.2, -0.15) is 0 Å². The summed E-state index contributed by atoms with van der Waals surface area (Å²) in [7, 11) is 3.60. The fraction of sp³-hybridized carbons (Fsp3) is 0.300. The van der Waals surface area contributed by atoms with Crippen LogP contribution in [-0.4, -0.2) is 30.2 Å². The predicted molar refractivity (Wildman–Crippen MR) is 99.5 cm³/mol. The van der Waals surface area contributed by atoms with E-state index in [-0.39, 0.29) is 17.6 Å². The Kier molecular flexibility index (Phi) is 3.97. The predicted octanol–water partition coefficient (Wildman–Crippen LogP) is 4.98. The maximum atomic E-state index is 14.3. The minimum atomic E-state index is -0.360. The second kappa shape index (κ2) is 6.04. The number of rotatable bonds is 2. The molecule has 0 amide bonds. The van der Waals surface area contributed by atoms with Crippen molar-refractivity contribution in [2.75, 3.05) is 20.7 Å². The molecule has 1 aromatic heterocycles. The van der Waals surface area contributed by atoms with Crippen LogP contribution < -0.4 is 4.74 Å². The number of benzene rings is 2. The van der Waals surface area contributed by atoms with Gasteiger partial charge < -0.3 is 9.30 Å². The molecule has 0 N–H and O–H groups in total. The third kappa shape index (κ3) is 2.52. The zero-order valence-electron chi connectivity index (χ0n) is 14.5. The van der Waals surface area contributed by atoms with Crippen LogP contribution in [0.4, 0.5) is 4.39 Å². The van der Waals surface area contributed by atoms with E-state index >= 15 is 0 Å². The molecule has 3 nitrogen and oxygen atoms in total. The van der Waals surface area contributed by atoms with E-state index < -0.39 is 0 Å². The van der Waals surface area contributed by atoms with Gasteiger partial charge in [0.15, 0.2) is 11.6 Å². The molecule has 0 saturated heterocycles. The minimum absolute atomic E-state index is 0.236. The van der Waals surface area contributed by atoms with Gasteiger partial charge >= 0.3 is 0 Å². The molecule has 1 aliphatic rings. The van der Waals surface area contributed by atoms with Gasteiger partial charge in [-0.1, -0.05) is 11.6 Å². The zero-order chi connectivity index (χ0) is 17.7. The van der Waals surface area contributed by atoms with Gasteiger partial charge in [0.1, 0.15) is 0 Å². The number of halogens is 2. The molecule has 25 heavy (non-hydrogen) atoms. The fourth-order valence-corrected chi connectivity index (χ4v) is 3.98. The number of ether oxygens (including phenoxy) is 1. The average Bonchev–Trinajstić information content (AvgIpc) is 2.92. The van der Waals surface area contributed by atoms with Crippen LogP contribution in [0, 0.1) is 5.82 Å². The molecular weight excluding hydrogens is 339 g/mol. The van der Waals surface area contributed by atoms with Crippen LogP contribution >= 0.6 is 11.6 Å². The van der Waals surface area contributed by atoms with E-state index in [1.807, 2.05) is 24.3 Å². The molecule has 1 unspecified atom stereocenters. The first kappa shape index (κ1) is 16.4. The molecule has 0 fully saturated rings. The Balaban J connectivity index is 2.04. The van der Waals surface area contributed by atoms with Gasteiger partial charge in [0.25, 0.3) is 0 Å². The maximum absolute atomic E-state index is 14.3. The molecule has 0 saturated carbocycles. The molecular formula is C20H20ClFN2O. The van der Waals surface area contributed by atoms with Crippen molar-refractivity contribution in [1.82, 2.24) is 9.47 Å². The SMILES string of the molecule is COc1ccc(-n2c3c(c4cc(Cl)ccc42)CCN(C)C3C)cc1F. The topological polar surface area (TPSA) is 17.4 Å². The Morgan fingerprint density at radius 3 is 2.72 bits per heavy atom. The van der Waals surface area contributed by atoms with Crippen molar-refractivity contribution < 1.29 is 9.13 Å². The Hall–Kier alpha value is -2.04. The zero-order valence-corrected chi connectivity index (χ0v) is 15.3. The summed E-state index contributed by atoms with van der Waals surface area (Å²) in [5.74, 6) is -0.108. The maximum Gasteiger partial charge on any atom is 0.167 e. The van der Waals surface area contributed by atoms with Crippen LogP contribution in [0.2, 0.25) is 5.02 Å². The van der Waals surface area contributed by atoms with E-state index in [4.69, 9.17) is 16.3 Å². The largest absolute Gasteiger partial charge is 0.494 e. The smallest absolute Gasteiger partial charge is 0.167 e. The second-order valence-electron chi connectivity index (χ2n) is 6.59. The molecule has 130 valence electrons. The van der Waals surface area contributed by atoms with Crippen molar-refractivity contribution in [1.29, 1.82) is 0 Å². The number of nitrogens with zero attached hydrogens (tertiary/aromatic N) is 2. The summed E-state index contributed by atoms with van der Waals surface area (Å²) < 4.78 is 21.6. The van der Waals surface area contributed by atoms with E-state index in [0.29, 0.717) is 0 Å². The van der Waals surface area contributed by atoms with Gasteiger partial charge in [-0.3, -0.25) is 4.90 Å². The van der Waals surface area contributed by atoms with Crippen molar-refractivity contribution in [2.24, 2.45) is 0 Å². The standard InChI is InChI=1S/C20H20ClFN2O/c1-12-20-15(8-9-23(12)2)16-10-13(21)4-6-18(16)24(20)14-5-7-19(25-3)17(22)11-14/h4-7,10-12H,8-9H2,1-3H3. The molecule has 5 heteroatoms. The molecule has 4 rings (SSSR count). The van der Waals surface area contributed by atoms with E-state index in [0.717, 1.165) is 34.6 Å². The number of methoxy groups -OCH3 is 1. The lowest BCUT2D eigenvalue weighted by Crippen LogP contribution is -2.31. The summed E-state index contributed by atoms with van der Waals surface area (Å²) in [6, 6.07) is 11.3. The monoisotopic (exact) mass is 358 g/mol. The molecule has 0 spiro atoms. The van der Waals surface area contributed by atoms with Crippen LogP contribution in [0.5, 0.6) is 5.75 Å². The minimum Gasteiger partial charge on any atom is -0.494 e. The highest BCUT2D eigenvalue weighted by molar-refractivity contribution is 6.31. The van der Waals surface area contributed by atoms with Crippen LogP contribution in [0.15, 0.2) is 36.4 Å². The highest BCUT2D eigenvalue weighted by atomic mass is 35.5. The molecule has 0 aliphatic carbocycles. The number of likely N-dealkylation sites (N-methyl/N-ethyl adjacent to an activating group) is 1. The Labute approximate surface area is 151 Å². The van der Waals surface area contributed by atoms with E-state index in [9.17, 15) is 4.39 Å². The number of aromatic nitrogens is 1. The molecule has 2 heterocycles. The van der Waals surface area contributed by atoms with Gasteiger partial charge in [-0.15, -0.1) is 0 Å².